The van der Waals surface area contributed by atoms with Gasteiger partial charge in [0.15, 0.2) is 11.6 Å². The molecule has 0 spiro atoms. The number of carboxylic acid groups (broad SMARTS) is 1. The van der Waals surface area contributed by atoms with Crippen molar-refractivity contribution < 1.29 is 23.8 Å². The van der Waals surface area contributed by atoms with Gasteiger partial charge in [-0.3, -0.25) is 4.79 Å². The Kier molecular flexibility index (Phi) is 3.69. The summed E-state index contributed by atoms with van der Waals surface area (Å²) >= 11 is 0. The van der Waals surface area contributed by atoms with Crippen molar-refractivity contribution in [2.75, 3.05) is 13.7 Å². The maximum absolute atomic E-state index is 13.3. The molecular weight excluding hydrogens is 253 g/mol. The Labute approximate surface area is 109 Å². The Morgan fingerprint density at radius 3 is 2.84 bits per heavy atom. The summed E-state index contributed by atoms with van der Waals surface area (Å²) in [5.41, 5.74) is 0.228. The Balaban J connectivity index is 2.26. The lowest BCUT2D eigenvalue weighted by molar-refractivity contribution is -0.141. The average molecular weight is 267 g/mol. The summed E-state index contributed by atoms with van der Waals surface area (Å²) in [6, 6.07) is 2.95. The predicted molar refractivity (Wildman–Crippen MR) is 64.6 cm³/mol. The minimum atomic E-state index is -1.01. The molecule has 1 saturated heterocycles. The Hall–Kier alpha value is -2.11. The molecule has 0 aliphatic carbocycles. The van der Waals surface area contributed by atoms with Crippen molar-refractivity contribution in [2.24, 2.45) is 0 Å². The first kappa shape index (κ1) is 13.3. The van der Waals surface area contributed by atoms with Crippen LogP contribution in [0.1, 0.15) is 23.2 Å². The number of nitrogens with zero attached hydrogens (tertiary/aromatic N) is 1. The number of carboxylic acids is 1. The van der Waals surface area contributed by atoms with E-state index in [1.54, 1.807) is 0 Å². The minimum absolute atomic E-state index is 0.0306. The second kappa shape index (κ2) is 5.26. The number of amides is 1. The highest BCUT2D eigenvalue weighted by Crippen LogP contribution is 2.23. The van der Waals surface area contributed by atoms with Crippen LogP contribution >= 0.6 is 0 Å². The number of hydrogen-bond donors (Lipinski definition) is 1. The van der Waals surface area contributed by atoms with E-state index in [0.29, 0.717) is 19.4 Å². The zero-order valence-electron chi connectivity index (χ0n) is 10.4. The summed E-state index contributed by atoms with van der Waals surface area (Å²) in [5.74, 6) is -2.02. The molecular formula is C13H14FNO4. The van der Waals surface area contributed by atoms with Gasteiger partial charge in [-0.2, -0.15) is 0 Å². The van der Waals surface area contributed by atoms with Gasteiger partial charge in [0.1, 0.15) is 6.04 Å². The van der Waals surface area contributed by atoms with E-state index < -0.39 is 23.7 Å². The Morgan fingerprint density at radius 2 is 2.21 bits per heavy atom. The topological polar surface area (TPSA) is 66.8 Å². The molecule has 102 valence electrons. The molecule has 0 saturated carbocycles. The number of halogens is 1. The maximum atomic E-state index is 13.3. The molecule has 19 heavy (non-hydrogen) atoms. The van der Waals surface area contributed by atoms with E-state index >= 15 is 0 Å². The van der Waals surface area contributed by atoms with Crippen LogP contribution in [0, 0.1) is 5.82 Å². The highest BCUT2D eigenvalue weighted by atomic mass is 19.1. The van der Waals surface area contributed by atoms with Crippen LogP contribution in [0.5, 0.6) is 5.75 Å². The number of likely N-dealkylation sites (tertiary alicyclic amines) is 1. The number of carbonyl (C=O) groups is 2. The summed E-state index contributed by atoms with van der Waals surface area (Å²) in [6.07, 6.45) is 1.10. The fourth-order valence-corrected chi connectivity index (χ4v) is 2.23. The van der Waals surface area contributed by atoms with Crippen LogP contribution in [0.3, 0.4) is 0 Å². The molecule has 0 radical (unpaired) electrons. The van der Waals surface area contributed by atoms with Crippen molar-refractivity contribution in [3.05, 3.63) is 29.6 Å². The summed E-state index contributed by atoms with van der Waals surface area (Å²) in [7, 11) is 1.31. The molecule has 1 heterocycles. The highest BCUT2D eigenvalue weighted by Gasteiger charge is 2.34. The normalized spacial score (nSPS) is 18.4. The van der Waals surface area contributed by atoms with Gasteiger partial charge in [0, 0.05) is 12.1 Å². The number of ether oxygens (including phenoxy) is 1. The van der Waals surface area contributed by atoms with Crippen LogP contribution in [0.2, 0.25) is 0 Å². The third-order valence-corrected chi connectivity index (χ3v) is 3.20. The van der Waals surface area contributed by atoms with E-state index in [0.717, 1.165) is 6.07 Å². The SMILES string of the molecule is COc1cc(C(=O)N2CCCC2C(=O)O)ccc1F. The van der Waals surface area contributed by atoms with Crippen molar-refractivity contribution in [1.82, 2.24) is 4.90 Å². The molecule has 0 aromatic heterocycles. The van der Waals surface area contributed by atoms with Gasteiger partial charge >= 0.3 is 5.97 Å². The lowest BCUT2D eigenvalue weighted by atomic mass is 10.1. The molecule has 0 bridgehead atoms. The standard InChI is InChI=1S/C13H14FNO4/c1-19-11-7-8(4-5-9(11)14)12(16)15-6-2-3-10(15)13(17)18/h4-5,7,10H,2-3,6H2,1H3,(H,17,18). The van der Waals surface area contributed by atoms with Crippen LogP contribution in [-0.2, 0) is 4.79 Å². The van der Waals surface area contributed by atoms with E-state index in [-0.39, 0.29) is 11.3 Å². The molecule has 6 heteroatoms. The Morgan fingerprint density at radius 1 is 1.47 bits per heavy atom. The second-order valence-electron chi connectivity index (χ2n) is 4.34. The lowest BCUT2D eigenvalue weighted by Crippen LogP contribution is -2.40. The summed E-state index contributed by atoms with van der Waals surface area (Å²) in [6.45, 7) is 0.398. The molecule has 1 unspecified atom stereocenters. The molecule has 1 N–H and O–H groups in total. The van der Waals surface area contributed by atoms with Crippen molar-refractivity contribution in [3.63, 3.8) is 0 Å². The van der Waals surface area contributed by atoms with Gasteiger partial charge < -0.3 is 14.7 Å². The van der Waals surface area contributed by atoms with Crippen LogP contribution in [0.4, 0.5) is 4.39 Å². The van der Waals surface area contributed by atoms with Gasteiger partial charge in [-0.25, -0.2) is 9.18 Å². The van der Waals surface area contributed by atoms with E-state index in [1.165, 1.54) is 24.1 Å². The van der Waals surface area contributed by atoms with Gasteiger partial charge in [-0.1, -0.05) is 0 Å². The van der Waals surface area contributed by atoms with E-state index in [2.05, 4.69) is 0 Å². The third-order valence-electron chi connectivity index (χ3n) is 3.20. The van der Waals surface area contributed by atoms with Crippen LogP contribution in [0.25, 0.3) is 0 Å². The fourth-order valence-electron chi connectivity index (χ4n) is 2.23. The highest BCUT2D eigenvalue weighted by molar-refractivity contribution is 5.97. The van der Waals surface area contributed by atoms with E-state index in [4.69, 9.17) is 9.84 Å². The largest absolute Gasteiger partial charge is 0.494 e. The van der Waals surface area contributed by atoms with E-state index in [9.17, 15) is 14.0 Å². The molecule has 1 aliphatic heterocycles. The second-order valence-corrected chi connectivity index (χ2v) is 4.34. The van der Waals surface area contributed by atoms with Crippen LogP contribution < -0.4 is 4.74 Å². The number of hydrogen-bond acceptors (Lipinski definition) is 3. The summed E-state index contributed by atoms with van der Waals surface area (Å²) < 4.78 is 18.1. The third kappa shape index (κ3) is 2.52. The Bertz CT molecular complexity index is 517. The minimum Gasteiger partial charge on any atom is -0.494 e. The first-order chi connectivity index (χ1) is 9.04. The van der Waals surface area contributed by atoms with Crippen molar-refractivity contribution >= 4 is 11.9 Å². The number of rotatable bonds is 3. The molecule has 1 aromatic carbocycles. The van der Waals surface area contributed by atoms with Gasteiger partial charge in [-0.05, 0) is 31.0 Å². The molecule has 5 nitrogen and oxygen atoms in total. The van der Waals surface area contributed by atoms with Gasteiger partial charge in [0.25, 0.3) is 5.91 Å². The smallest absolute Gasteiger partial charge is 0.326 e. The lowest BCUT2D eigenvalue weighted by Gasteiger charge is -2.21. The number of carbonyl (C=O) groups excluding carboxylic acids is 1. The molecule has 1 aromatic rings. The van der Waals surface area contributed by atoms with Crippen LogP contribution in [0.15, 0.2) is 18.2 Å². The first-order valence-electron chi connectivity index (χ1n) is 5.92. The molecule has 1 atom stereocenters. The molecule has 2 rings (SSSR count). The van der Waals surface area contributed by atoms with Crippen molar-refractivity contribution in [3.8, 4) is 5.75 Å². The summed E-state index contributed by atoms with van der Waals surface area (Å²) in [5, 5.41) is 9.05. The van der Waals surface area contributed by atoms with Gasteiger partial charge in [-0.15, -0.1) is 0 Å². The van der Waals surface area contributed by atoms with Crippen molar-refractivity contribution in [2.45, 2.75) is 18.9 Å². The number of aliphatic carboxylic acids is 1. The molecule has 1 amide bonds. The quantitative estimate of drug-likeness (QED) is 0.901. The zero-order valence-corrected chi connectivity index (χ0v) is 10.4. The monoisotopic (exact) mass is 267 g/mol. The van der Waals surface area contributed by atoms with Crippen LogP contribution in [-0.4, -0.2) is 41.6 Å². The fraction of sp³-hybridized carbons (Fsp3) is 0.385. The summed E-state index contributed by atoms with van der Waals surface area (Å²) in [4.78, 5) is 24.6. The molecule has 1 aliphatic rings. The maximum Gasteiger partial charge on any atom is 0.326 e. The number of methoxy groups -OCH3 is 1. The first-order valence-corrected chi connectivity index (χ1v) is 5.92. The molecule has 1 fully saturated rings. The van der Waals surface area contributed by atoms with Crippen molar-refractivity contribution in [1.29, 1.82) is 0 Å². The number of benzene rings is 1. The van der Waals surface area contributed by atoms with Gasteiger partial charge in [0.2, 0.25) is 0 Å². The van der Waals surface area contributed by atoms with E-state index in [1.807, 2.05) is 0 Å². The average Bonchev–Trinajstić information content (AvgIpc) is 2.87. The zero-order chi connectivity index (χ0) is 14.0. The van der Waals surface area contributed by atoms with Gasteiger partial charge in [0.05, 0.1) is 7.11 Å². The predicted octanol–water partition coefficient (Wildman–Crippen LogP) is 1.52.